The summed E-state index contributed by atoms with van der Waals surface area (Å²) in [5.41, 5.74) is -1.46. The van der Waals surface area contributed by atoms with Crippen LogP contribution >= 0.6 is 0 Å². The van der Waals surface area contributed by atoms with Crippen molar-refractivity contribution in [2.24, 2.45) is 5.41 Å². The van der Waals surface area contributed by atoms with Crippen molar-refractivity contribution >= 4 is 16.7 Å². The second-order valence-corrected chi connectivity index (χ2v) is 9.27. The predicted molar refractivity (Wildman–Crippen MR) is 126 cm³/mol. The zero-order valence-corrected chi connectivity index (χ0v) is 20.1. The number of hydrogen-bond acceptors (Lipinski definition) is 5. The first kappa shape index (κ1) is 25.7. The minimum absolute atomic E-state index is 0.0162. The Morgan fingerprint density at radius 3 is 2.53 bits per heavy atom. The number of benzene rings is 2. The van der Waals surface area contributed by atoms with E-state index in [9.17, 15) is 22.0 Å². The molecule has 1 heterocycles. The Kier molecular flexibility index (Phi) is 6.81. The molecule has 192 valence electrons. The summed E-state index contributed by atoms with van der Waals surface area (Å²) < 4.78 is 80.3. The van der Waals surface area contributed by atoms with Crippen molar-refractivity contribution in [3.8, 4) is 5.75 Å². The van der Waals surface area contributed by atoms with E-state index >= 15 is 0 Å². The number of alkyl halides is 3. The van der Waals surface area contributed by atoms with Crippen LogP contribution in [0.4, 0.5) is 27.8 Å². The molecule has 10 heteroatoms. The molecule has 36 heavy (non-hydrogen) atoms. The Balaban J connectivity index is 1.62. The molecule has 3 aromatic rings. The molecule has 0 spiro atoms. The Morgan fingerprint density at radius 2 is 1.89 bits per heavy atom. The van der Waals surface area contributed by atoms with Crippen molar-refractivity contribution in [2.45, 2.75) is 45.8 Å². The molecule has 1 atom stereocenters. The van der Waals surface area contributed by atoms with E-state index in [1.54, 1.807) is 13.8 Å². The highest BCUT2D eigenvalue weighted by molar-refractivity contribution is 5.90. The maximum absolute atomic E-state index is 14.8. The van der Waals surface area contributed by atoms with Gasteiger partial charge in [0.25, 0.3) is 0 Å². The Morgan fingerprint density at radius 1 is 1.17 bits per heavy atom. The summed E-state index contributed by atoms with van der Waals surface area (Å²) in [6.45, 7) is 9.24. The van der Waals surface area contributed by atoms with E-state index in [1.165, 1.54) is 25.1 Å². The third kappa shape index (κ3) is 5.52. The highest BCUT2D eigenvalue weighted by atomic mass is 19.4. The summed E-state index contributed by atoms with van der Waals surface area (Å²) >= 11 is 0. The number of fused-ring (bicyclic) bond motifs is 1. The molecule has 0 unspecified atom stereocenters. The quantitative estimate of drug-likeness (QED) is 0.247. The van der Waals surface area contributed by atoms with Gasteiger partial charge in [0, 0.05) is 22.4 Å². The lowest BCUT2D eigenvalue weighted by Gasteiger charge is -2.20. The maximum Gasteiger partial charge on any atom is 0.419 e. The van der Waals surface area contributed by atoms with Crippen LogP contribution in [0.1, 0.15) is 49.7 Å². The summed E-state index contributed by atoms with van der Waals surface area (Å²) in [5.74, 6) is -0.866. The lowest BCUT2D eigenvalue weighted by atomic mass is 10.0. The number of allylic oxidation sites excluding steroid dienone is 1. The molecular weight excluding hydrogens is 481 g/mol. The van der Waals surface area contributed by atoms with Gasteiger partial charge in [-0.1, -0.05) is 18.7 Å². The van der Waals surface area contributed by atoms with Crippen molar-refractivity contribution in [3.63, 3.8) is 0 Å². The van der Waals surface area contributed by atoms with Crippen LogP contribution in [0, 0.1) is 24.0 Å². The fraction of sp³-hybridized carbons (Fsp3) is 0.385. The van der Waals surface area contributed by atoms with Crippen molar-refractivity contribution < 1.29 is 31.4 Å². The summed E-state index contributed by atoms with van der Waals surface area (Å²) in [5, 5.41) is 3.35. The number of anilines is 1. The fourth-order valence-electron chi connectivity index (χ4n) is 3.87. The molecule has 1 aromatic heterocycles. The second kappa shape index (κ2) is 9.55. The van der Waals surface area contributed by atoms with Crippen LogP contribution in [0.5, 0.6) is 5.75 Å². The number of aromatic nitrogens is 2. The average molecular weight is 508 g/mol. The SMILES string of the molecule is C=C(C)OCC1(COc2cc3c(N[C@H](C)c4cccc(C(F)(F)F)c4F)nc(C)nc3cc2F)CC1. The molecule has 1 N–H and O–H groups in total. The summed E-state index contributed by atoms with van der Waals surface area (Å²) in [4.78, 5) is 8.59. The standard InChI is InChI=1S/C26H26F5N3O2/c1-14(2)35-12-25(8-9-25)13-36-22-10-18-21(11-20(22)27)33-16(4)34-24(18)32-15(3)17-6-5-7-19(23(17)28)26(29,30)31/h5-7,10-11,15H,1,8-9,12-13H2,2-4H3,(H,32,33,34)/t15-/m1/s1. The van der Waals surface area contributed by atoms with Gasteiger partial charge < -0.3 is 14.8 Å². The highest BCUT2D eigenvalue weighted by Crippen LogP contribution is 2.47. The van der Waals surface area contributed by atoms with E-state index in [4.69, 9.17) is 9.47 Å². The molecule has 1 aliphatic rings. The van der Waals surface area contributed by atoms with E-state index in [0.717, 1.165) is 18.9 Å². The second-order valence-electron chi connectivity index (χ2n) is 9.27. The average Bonchev–Trinajstić information content (AvgIpc) is 3.56. The molecule has 0 saturated heterocycles. The first-order valence-corrected chi connectivity index (χ1v) is 11.4. The minimum Gasteiger partial charge on any atom is -0.498 e. The van der Waals surface area contributed by atoms with Crippen molar-refractivity contribution in [3.05, 3.63) is 71.3 Å². The molecular formula is C26H26F5N3O2. The van der Waals surface area contributed by atoms with Crippen LogP contribution < -0.4 is 10.1 Å². The van der Waals surface area contributed by atoms with E-state index < -0.39 is 29.4 Å². The molecule has 0 aliphatic heterocycles. The maximum atomic E-state index is 14.8. The van der Waals surface area contributed by atoms with Crippen LogP contribution in [0.15, 0.2) is 42.7 Å². The van der Waals surface area contributed by atoms with Crippen molar-refractivity contribution in [1.29, 1.82) is 0 Å². The van der Waals surface area contributed by atoms with Gasteiger partial charge in [-0.25, -0.2) is 18.7 Å². The zero-order chi connectivity index (χ0) is 26.3. The van der Waals surface area contributed by atoms with Crippen molar-refractivity contribution in [1.82, 2.24) is 9.97 Å². The van der Waals surface area contributed by atoms with Gasteiger partial charge in [-0.3, -0.25) is 0 Å². The summed E-state index contributed by atoms with van der Waals surface area (Å²) in [7, 11) is 0. The number of ether oxygens (including phenoxy) is 2. The third-order valence-corrected chi connectivity index (χ3v) is 6.13. The number of rotatable bonds is 9. The predicted octanol–water partition coefficient (Wildman–Crippen LogP) is 7.12. The van der Waals surface area contributed by atoms with Gasteiger partial charge in [-0.05, 0) is 45.7 Å². The highest BCUT2D eigenvalue weighted by Gasteiger charge is 2.44. The number of aryl methyl sites for hydroxylation is 1. The summed E-state index contributed by atoms with van der Waals surface area (Å²) in [6, 6.07) is 4.88. The van der Waals surface area contributed by atoms with E-state index in [1.807, 2.05) is 0 Å². The van der Waals surface area contributed by atoms with Crippen LogP contribution in [0.25, 0.3) is 10.9 Å². The smallest absolute Gasteiger partial charge is 0.419 e. The molecule has 0 radical (unpaired) electrons. The number of halogens is 5. The third-order valence-electron chi connectivity index (χ3n) is 6.13. The van der Waals surface area contributed by atoms with E-state index in [2.05, 4.69) is 21.9 Å². The zero-order valence-electron chi connectivity index (χ0n) is 20.1. The normalized spacial score (nSPS) is 15.4. The molecule has 0 bridgehead atoms. The molecule has 1 aliphatic carbocycles. The van der Waals surface area contributed by atoms with Gasteiger partial charge in [0.05, 0.1) is 36.1 Å². The molecule has 0 amide bonds. The lowest BCUT2D eigenvalue weighted by Crippen LogP contribution is -2.19. The van der Waals surface area contributed by atoms with Gasteiger partial charge in [0.2, 0.25) is 0 Å². The number of nitrogens with one attached hydrogen (secondary N) is 1. The number of nitrogens with zero attached hydrogens (tertiary/aromatic N) is 2. The summed E-state index contributed by atoms with van der Waals surface area (Å²) in [6.07, 6.45) is -3.06. The molecule has 1 fully saturated rings. The van der Waals surface area contributed by atoms with E-state index in [-0.39, 0.29) is 34.7 Å². The van der Waals surface area contributed by atoms with Gasteiger partial charge >= 0.3 is 6.18 Å². The van der Waals surface area contributed by atoms with Gasteiger partial charge in [-0.2, -0.15) is 13.2 Å². The molecule has 2 aromatic carbocycles. The van der Waals surface area contributed by atoms with Crippen LogP contribution in [-0.2, 0) is 10.9 Å². The van der Waals surface area contributed by atoms with Crippen molar-refractivity contribution in [2.75, 3.05) is 18.5 Å². The monoisotopic (exact) mass is 507 g/mol. The first-order chi connectivity index (χ1) is 16.9. The van der Waals surface area contributed by atoms with Crippen LogP contribution in [0.2, 0.25) is 0 Å². The van der Waals surface area contributed by atoms with E-state index in [0.29, 0.717) is 29.6 Å². The first-order valence-electron chi connectivity index (χ1n) is 11.4. The fourth-order valence-corrected chi connectivity index (χ4v) is 3.87. The topological polar surface area (TPSA) is 56.3 Å². The molecule has 5 nitrogen and oxygen atoms in total. The Labute approximate surface area is 205 Å². The number of hydrogen-bond donors (Lipinski definition) is 1. The molecule has 1 saturated carbocycles. The molecule has 4 rings (SSSR count). The van der Waals surface area contributed by atoms with Gasteiger partial charge in [0.1, 0.15) is 17.5 Å². The Bertz CT molecular complexity index is 1300. The van der Waals surface area contributed by atoms with Crippen LogP contribution in [-0.4, -0.2) is 23.2 Å². The Hall–Kier alpha value is -3.43. The minimum atomic E-state index is -4.82. The largest absolute Gasteiger partial charge is 0.498 e. The van der Waals surface area contributed by atoms with Crippen LogP contribution in [0.3, 0.4) is 0 Å². The van der Waals surface area contributed by atoms with Gasteiger partial charge in [-0.15, -0.1) is 0 Å². The lowest BCUT2D eigenvalue weighted by molar-refractivity contribution is -0.140. The van der Waals surface area contributed by atoms with Gasteiger partial charge in [0.15, 0.2) is 11.6 Å².